The van der Waals surface area contributed by atoms with Crippen molar-refractivity contribution in [2.24, 2.45) is 5.92 Å². The van der Waals surface area contributed by atoms with Gasteiger partial charge in [0.15, 0.2) is 5.78 Å². The zero-order valence-corrected chi connectivity index (χ0v) is 13.6. The van der Waals surface area contributed by atoms with Crippen molar-refractivity contribution in [3.63, 3.8) is 0 Å². The smallest absolute Gasteiger partial charge is 0.156 e. The normalized spacial score (nSPS) is 11.0. The van der Waals surface area contributed by atoms with E-state index in [-0.39, 0.29) is 24.1 Å². The van der Waals surface area contributed by atoms with Gasteiger partial charge in [0.05, 0.1) is 6.54 Å². The molecular formula is C19H18FN3O. The third-order valence-corrected chi connectivity index (χ3v) is 3.83. The molecule has 0 aliphatic carbocycles. The Bertz CT molecular complexity index is 839. The summed E-state index contributed by atoms with van der Waals surface area (Å²) in [4.78, 5) is 16.1. The Labute approximate surface area is 140 Å². The number of hydrogen-bond acceptors (Lipinski definition) is 3. The number of rotatable bonds is 5. The summed E-state index contributed by atoms with van der Waals surface area (Å²) in [6.07, 6.45) is 5.27. The number of aromatic nitrogens is 3. The summed E-state index contributed by atoms with van der Waals surface area (Å²) in [6, 6.07) is 9.97. The minimum absolute atomic E-state index is 0.0483. The Morgan fingerprint density at radius 3 is 2.38 bits per heavy atom. The molecule has 2 heterocycles. The van der Waals surface area contributed by atoms with Crippen molar-refractivity contribution < 1.29 is 9.18 Å². The van der Waals surface area contributed by atoms with Crippen LogP contribution < -0.4 is 0 Å². The van der Waals surface area contributed by atoms with Gasteiger partial charge in [-0.1, -0.05) is 13.8 Å². The molecule has 3 rings (SSSR count). The van der Waals surface area contributed by atoms with Crippen LogP contribution in [-0.4, -0.2) is 20.5 Å². The first-order chi connectivity index (χ1) is 11.5. The molecule has 0 N–H and O–H groups in total. The minimum Gasteiger partial charge on any atom is -0.297 e. The highest BCUT2D eigenvalue weighted by atomic mass is 19.1. The molecule has 2 aromatic heterocycles. The van der Waals surface area contributed by atoms with E-state index in [1.807, 2.05) is 32.2 Å². The first-order valence-electron chi connectivity index (χ1n) is 7.81. The summed E-state index contributed by atoms with van der Waals surface area (Å²) >= 11 is 0. The number of pyridine rings is 1. The quantitative estimate of drug-likeness (QED) is 0.713. The van der Waals surface area contributed by atoms with Crippen molar-refractivity contribution in [2.75, 3.05) is 0 Å². The van der Waals surface area contributed by atoms with Crippen LogP contribution in [0.4, 0.5) is 4.39 Å². The number of carbonyl (C=O) groups excluding carboxylic acids is 1. The third-order valence-electron chi connectivity index (χ3n) is 3.83. The van der Waals surface area contributed by atoms with Crippen molar-refractivity contribution in [2.45, 2.75) is 20.4 Å². The second-order valence-electron chi connectivity index (χ2n) is 5.95. The van der Waals surface area contributed by atoms with Gasteiger partial charge in [0.2, 0.25) is 0 Å². The lowest BCUT2D eigenvalue weighted by Gasteiger charge is -2.03. The minimum atomic E-state index is -0.293. The van der Waals surface area contributed by atoms with Crippen LogP contribution in [0.3, 0.4) is 0 Å². The van der Waals surface area contributed by atoms with Crippen LogP contribution in [0.5, 0.6) is 0 Å². The maximum absolute atomic E-state index is 13.2. The number of halogens is 1. The van der Waals surface area contributed by atoms with Gasteiger partial charge in [0.1, 0.15) is 11.5 Å². The molecule has 0 unspecified atom stereocenters. The van der Waals surface area contributed by atoms with E-state index in [0.29, 0.717) is 0 Å². The molecule has 0 fully saturated rings. The largest absolute Gasteiger partial charge is 0.297 e. The Hall–Kier alpha value is -2.82. The molecule has 0 aliphatic rings. The van der Waals surface area contributed by atoms with Gasteiger partial charge in [-0.3, -0.25) is 14.5 Å². The topological polar surface area (TPSA) is 47.8 Å². The summed E-state index contributed by atoms with van der Waals surface area (Å²) in [5.74, 6) is -0.226. The van der Waals surface area contributed by atoms with Gasteiger partial charge in [0.25, 0.3) is 0 Å². The number of nitrogens with zero attached hydrogens (tertiary/aromatic N) is 3. The lowest BCUT2D eigenvalue weighted by Crippen LogP contribution is -2.15. The Kier molecular flexibility index (Phi) is 4.51. The SMILES string of the molecule is CC(C)C(=O)Cn1cc(-c2ccncc2)c(-c2ccc(F)cc2)n1. The molecule has 0 radical (unpaired) electrons. The van der Waals surface area contributed by atoms with E-state index in [2.05, 4.69) is 10.1 Å². The Morgan fingerprint density at radius 2 is 1.75 bits per heavy atom. The van der Waals surface area contributed by atoms with Crippen LogP contribution in [0.15, 0.2) is 55.0 Å². The zero-order valence-electron chi connectivity index (χ0n) is 13.6. The van der Waals surface area contributed by atoms with Crippen molar-refractivity contribution in [3.05, 3.63) is 60.8 Å². The fourth-order valence-electron chi connectivity index (χ4n) is 2.41. The average molecular weight is 323 g/mol. The first kappa shape index (κ1) is 16.1. The average Bonchev–Trinajstić information content (AvgIpc) is 3.00. The first-order valence-corrected chi connectivity index (χ1v) is 7.81. The Morgan fingerprint density at radius 1 is 1.08 bits per heavy atom. The molecule has 24 heavy (non-hydrogen) atoms. The van der Waals surface area contributed by atoms with E-state index in [1.54, 1.807) is 29.2 Å². The number of carbonyl (C=O) groups is 1. The van der Waals surface area contributed by atoms with Gasteiger partial charge in [-0.25, -0.2) is 4.39 Å². The molecule has 0 amide bonds. The standard InChI is InChI=1S/C19H18FN3O/c1-13(2)18(24)12-23-11-17(14-7-9-21-10-8-14)19(22-23)15-3-5-16(20)6-4-15/h3-11,13H,12H2,1-2H3. The predicted molar refractivity (Wildman–Crippen MR) is 90.7 cm³/mol. The summed E-state index contributed by atoms with van der Waals surface area (Å²) < 4.78 is 14.9. The summed E-state index contributed by atoms with van der Waals surface area (Å²) in [5, 5.41) is 4.56. The lowest BCUT2D eigenvalue weighted by atomic mass is 10.0. The van der Waals surface area contributed by atoms with Gasteiger partial charge in [-0.2, -0.15) is 5.10 Å². The molecule has 0 spiro atoms. The number of ketones is 1. The van der Waals surface area contributed by atoms with E-state index in [9.17, 15) is 9.18 Å². The van der Waals surface area contributed by atoms with Gasteiger partial charge >= 0.3 is 0 Å². The molecule has 0 saturated heterocycles. The van der Waals surface area contributed by atoms with Crippen LogP contribution in [-0.2, 0) is 11.3 Å². The van der Waals surface area contributed by atoms with Gasteiger partial charge in [-0.05, 0) is 42.0 Å². The maximum atomic E-state index is 13.2. The van der Waals surface area contributed by atoms with Crippen molar-refractivity contribution in [1.29, 1.82) is 0 Å². The van der Waals surface area contributed by atoms with E-state index in [4.69, 9.17) is 0 Å². The molecule has 5 heteroatoms. The zero-order chi connectivity index (χ0) is 17.1. The molecule has 0 atom stereocenters. The third kappa shape index (κ3) is 3.40. The number of Topliss-reactive ketones (excluding diaryl/α,β-unsaturated/α-hetero) is 1. The molecule has 1 aromatic carbocycles. The van der Waals surface area contributed by atoms with Crippen molar-refractivity contribution in [1.82, 2.24) is 14.8 Å². The highest BCUT2D eigenvalue weighted by molar-refractivity contribution is 5.82. The second-order valence-corrected chi connectivity index (χ2v) is 5.95. The van der Waals surface area contributed by atoms with Crippen LogP contribution in [0, 0.1) is 11.7 Å². The summed E-state index contributed by atoms with van der Waals surface area (Å²) in [7, 11) is 0. The van der Waals surface area contributed by atoms with Crippen molar-refractivity contribution in [3.8, 4) is 22.4 Å². The van der Waals surface area contributed by atoms with E-state index >= 15 is 0 Å². The summed E-state index contributed by atoms with van der Waals surface area (Å²) in [6.45, 7) is 3.96. The van der Waals surface area contributed by atoms with Crippen LogP contribution in [0.2, 0.25) is 0 Å². The van der Waals surface area contributed by atoms with Crippen LogP contribution in [0.1, 0.15) is 13.8 Å². The lowest BCUT2D eigenvalue weighted by molar-refractivity contribution is -0.122. The van der Waals surface area contributed by atoms with E-state index in [0.717, 1.165) is 22.4 Å². The number of hydrogen-bond donors (Lipinski definition) is 0. The van der Waals surface area contributed by atoms with E-state index < -0.39 is 0 Å². The van der Waals surface area contributed by atoms with Crippen LogP contribution in [0.25, 0.3) is 22.4 Å². The monoisotopic (exact) mass is 323 g/mol. The highest BCUT2D eigenvalue weighted by Crippen LogP contribution is 2.30. The molecular weight excluding hydrogens is 305 g/mol. The molecule has 0 bridgehead atoms. The molecule has 0 saturated carbocycles. The maximum Gasteiger partial charge on any atom is 0.156 e. The van der Waals surface area contributed by atoms with E-state index in [1.165, 1.54) is 12.1 Å². The molecule has 0 aliphatic heterocycles. The van der Waals surface area contributed by atoms with Gasteiger partial charge in [0, 0.05) is 35.6 Å². The summed E-state index contributed by atoms with van der Waals surface area (Å²) in [5.41, 5.74) is 3.37. The second kappa shape index (κ2) is 6.74. The predicted octanol–water partition coefficient (Wildman–Crippen LogP) is 3.98. The molecule has 4 nitrogen and oxygen atoms in total. The fourth-order valence-corrected chi connectivity index (χ4v) is 2.41. The fraction of sp³-hybridized carbons (Fsp3) is 0.211. The molecule has 122 valence electrons. The highest BCUT2D eigenvalue weighted by Gasteiger charge is 2.16. The Balaban J connectivity index is 2.06. The van der Waals surface area contributed by atoms with Gasteiger partial charge in [-0.15, -0.1) is 0 Å². The van der Waals surface area contributed by atoms with Crippen molar-refractivity contribution >= 4 is 5.78 Å². The van der Waals surface area contributed by atoms with Crippen LogP contribution >= 0.6 is 0 Å². The molecule has 3 aromatic rings. The number of benzene rings is 1. The van der Waals surface area contributed by atoms with Gasteiger partial charge < -0.3 is 0 Å².